The Morgan fingerprint density at radius 2 is 1.82 bits per heavy atom. The van der Waals surface area contributed by atoms with Crippen LogP contribution < -0.4 is 4.72 Å². The molecule has 0 atom stereocenters. The van der Waals surface area contributed by atoms with E-state index in [1.54, 1.807) is 24.5 Å². The van der Waals surface area contributed by atoms with Crippen molar-refractivity contribution in [3.8, 4) is 33.9 Å². The molecule has 0 saturated carbocycles. The van der Waals surface area contributed by atoms with Crippen molar-refractivity contribution in [1.29, 1.82) is 0 Å². The highest BCUT2D eigenvalue weighted by atomic mass is 32.2. The lowest BCUT2D eigenvalue weighted by Gasteiger charge is -2.26. The second-order valence-electron chi connectivity index (χ2n) is 11.2. The molecule has 1 fully saturated rings. The second kappa shape index (κ2) is 11.5. The monoisotopic (exact) mass is 611 g/mol. The molecule has 224 valence electrons. The minimum atomic E-state index is -3.44. The fourth-order valence-corrected chi connectivity index (χ4v) is 6.15. The minimum Gasteiger partial charge on any atom is -0.321 e. The number of nitrogens with one attached hydrogen (secondary N) is 3. The summed E-state index contributed by atoms with van der Waals surface area (Å²) < 4.78 is 40.2. The molecule has 0 bridgehead atoms. The van der Waals surface area contributed by atoms with Crippen LogP contribution in [0.5, 0.6) is 0 Å². The molecule has 0 spiro atoms. The van der Waals surface area contributed by atoms with Crippen molar-refractivity contribution in [1.82, 2.24) is 44.7 Å². The van der Waals surface area contributed by atoms with Crippen LogP contribution in [0.25, 0.3) is 56.0 Å². The van der Waals surface area contributed by atoms with Gasteiger partial charge >= 0.3 is 0 Å². The van der Waals surface area contributed by atoms with Gasteiger partial charge in [-0.15, -0.1) is 0 Å². The normalized spacial score (nSPS) is 14.5. The minimum absolute atomic E-state index is 0.0318. The Kier molecular flexibility index (Phi) is 7.36. The van der Waals surface area contributed by atoms with Gasteiger partial charge in [0.1, 0.15) is 17.0 Å². The van der Waals surface area contributed by atoms with E-state index in [0.717, 1.165) is 53.6 Å². The fourth-order valence-electron chi connectivity index (χ4n) is 5.72. The summed E-state index contributed by atoms with van der Waals surface area (Å²) in [7, 11) is -3.44. The first-order valence-corrected chi connectivity index (χ1v) is 16.3. The SMILES string of the molecule is CS(=O)(=O)NCc1cc(F)cc(-c2ccnc3[nH]c(-c4n[nH]c5cnc(-c6cncc(CN7CCCCC7)c6)cc45)nc23)c1. The molecule has 0 amide bonds. The van der Waals surface area contributed by atoms with E-state index in [0.29, 0.717) is 39.4 Å². The van der Waals surface area contributed by atoms with Crippen molar-refractivity contribution in [3.05, 3.63) is 78.1 Å². The Balaban J connectivity index is 1.23. The lowest BCUT2D eigenvalue weighted by atomic mass is 10.0. The molecule has 13 heteroatoms. The number of likely N-dealkylation sites (tertiary alicyclic amines) is 1. The molecule has 5 aromatic heterocycles. The highest BCUT2D eigenvalue weighted by Crippen LogP contribution is 2.32. The first-order chi connectivity index (χ1) is 21.3. The summed E-state index contributed by atoms with van der Waals surface area (Å²) in [6.45, 7) is 3.06. The van der Waals surface area contributed by atoms with E-state index in [1.165, 1.54) is 31.4 Å². The van der Waals surface area contributed by atoms with E-state index in [4.69, 9.17) is 4.98 Å². The maximum Gasteiger partial charge on any atom is 0.209 e. The Labute approximate surface area is 253 Å². The summed E-state index contributed by atoms with van der Waals surface area (Å²) >= 11 is 0. The van der Waals surface area contributed by atoms with Gasteiger partial charge < -0.3 is 4.98 Å². The number of aromatic nitrogens is 7. The molecule has 1 saturated heterocycles. The quantitative estimate of drug-likeness (QED) is 0.223. The summed E-state index contributed by atoms with van der Waals surface area (Å²) in [4.78, 5) is 24.2. The van der Waals surface area contributed by atoms with Crippen molar-refractivity contribution >= 4 is 32.1 Å². The Bertz CT molecular complexity index is 2100. The average molecular weight is 612 g/mol. The third-order valence-corrected chi connectivity index (χ3v) is 8.48. The molecule has 1 aromatic carbocycles. The number of hydrogen-bond donors (Lipinski definition) is 3. The van der Waals surface area contributed by atoms with Gasteiger partial charge in [-0.25, -0.2) is 27.5 Å². The van der Waals surface area contributed by atoms with Crippen LogP contribution in [0.3, 0.4) is 0 Å². The zero-order valence-electron chi connectivity index (χ0n) is 24.0. The highest BCUT2D eigenvalue weighted by Gasteiger charge is 2.18. The maximum atomic E-state index is 14.6. The van der Waals surface area contributed by atoms with Crippen LogP contribution in [0, 0.1) is 5.82 Å². The van der Waals surface area contributed by atoms with E-state index < -0.39 is 15.8 Å². The Morgan fingerprint density at radius 3 is 2.66 bits per heavy atom. The molecule has 11 nitrogen and oxygen atoms in total. The van der Waals surface area contributed by atoms with Gasteiger partial charge in [0.25, 0.3) is 0 Å². The van der Waals surface area contributed by atoms with E-state index in [1.807, 2.05) is 18.5 Å². The number of H-pyrrole nitrogens is 2. The summed E-state index contributed by atoms with van der Waals surface area (Å²) in [5.74, 6) is 0.0111. The van der Waals surface area contributed by atoms with E-state index >= 15 is 0 Å². The van der Waals surface area contributed by atoms with Crippen molar-refractivity contribution in [3.63, 3.8) is 0 Å². The first kappa shape index (κ1) is 28.2. The predicted molar refractivity (Wildman–Crippen MR) is 166 cm³/mol. The first-order valence-electron chi connectivity index (χ1n) is 14.4. The van der Waals surface area contributed by atoms with Crippen molar-refractivity contribution in [2.45, 2.75) is 32.4 Å². The third-order valence-electron chi connectivity index (χ3n) is 7.81. The van der Waals surface area contributed by atoms with Gasteiger partial charge in [-0.3, -0.25) is 20.0 Å². The van der Waals surface area contributed by atoms with Crippen LogP contribution in [0.2, 0.25) is 0 Å². The van der Waals surface area contributed by atoms with Crippen LogP contribution in [-0.2, 0) is 23.1 Å². The topological polar surface area (TPSA) is 145 Å². The lowest BCUT2D eigenvalue weighted by molar-refractivity contribution is 0.220. The van der Waals surface area contributed by atoms with Crippen LogP contribution in [0.1, 0.15) is 30.4 Å². The molecular weight excluding hydrogens is 581 g/mol. The number of sulfonamides is 1. The largest absolute Gasteiger partial charge is 0.321 e. The molecule has 44 heavy (non-hydrogen) atoms. The van der Waals surface area contributed by atoms with Gasteiger partial charge in [0.15, 0.2) is 11.5 Å². The molecule has 6 heterocycles. The van der Waals surface area contributed by atoms with E-state index in [2.05, 4.69) is 45.8 Å². The molecule has 6 aromatic rings. The van der Waals surface area contributed by atoms with Crippen LogP contribution in [0.4, 0.5) is 4.39 Å². The number of imidazole rings is 1. The van der Waals surface area contributed by atoms with E-state index in [9.17, 15) is 12.8 Å². The third kappa shape index (κ3) is 5.94. The van der Waals surface area contributed by atoms with Crippen molar-refractivity contribution < 1.29 is 12.8 Å². The highest BCUT2D eigenvalue weighted by molar-refractivity contribution is 7.88. The van der Waals surface area contributed by atoms with Gasteiger partial charge in [-0.1, -0.05) is 6.42 Å². The summed E-state index contributed by atoms with van der Waals surface area (Å²) in [6.07, 6.45) is 11.9. The molecular formula is C31H30FN9O2S. The number of benzene rings is 1. The Hall–Kier alpha value is -4.59. The molecule has 0 aliphatic carbocycles. The Morgan fingerprint density at radius 1 is 0.977 bits per heavy atom. The smallest absolute Gasteiger partial charge is 0.209 e. The zero-order chi connectivity index (χ0) is 30.3. The number of pyridine rings is 3. The van der Waals surface area contributed by atoms with Crippen molar-refractivity contribution in [2.24, 2.45) is 0 Å². The van der Waals surface area contributed by atoms with Crippen LogP contribution >= 0.6 is 0 Å². The summed E-state index contributed by atoms with van der Waals surface area (Å²) in [6, 6.07) is 10.3. The number of aromatic amines is 2. The molecule has 1 aliphatic rings. The zero-order valence-corrected chi connectivity index (χ0v) is 24.8. The standard InChI is InChI=1S/C31H30FN9O2S/c1-44(42,43)36-15-19-9-21(12-23(32)11-19)24-5-6-34-30-28(24)37-31(38-30)29-25-13-26(35-17-27(25)39-40-29)22-10-20(14-33-16-22)18-41-7-3-2-4-8-41/h5-6,9-14,16-17,36H,2-4,7-8,15,18H2,1H3,(H,39,40)(H,34,37,38). The number of fused-ring (bicyclic) bond motifs is 2. The number of halogens is 1. The molecule has 3 N–H and O–H groups in total. The number of rotatable bonds is 8. The lowest BCUT2D eigenvalue weighted by Crippen LogP contribution is -2.29. The van der Waals surface area contributed by atoms with Gasteiger partial charge in [0, 0.05) is 48.2 Å². The van der Waals surface area contributed by atoms with Gasteiger partial charge in [-0.05, 0) is 79.0 Å². The van der Waals surface area contributed by atoms with Gasteiger partial charge in [-0.2, -0.15) is 5.10 Å². The average Bonchev–Trinajstić information content (AvgIpc) is 3.64. The van der Waals surface area contributed by atoms with E-state index in [-0.39, 0.29) is 6.54 Å². The fraction of sp³-hybridized carbons (Fsp3) is 0.258. The molecule has 0 unspecified atom stereocenters. The van der Waals surface area contributed by atoms with Gasteiger partial charge in [0.05, 0.1) is 23.7 Å². The maximum absolute atomic E-state index is 14.6. The van der Waals surface area contributed by atoms with Crippen LogP contribution in [-0.4, -0.2) is 67.8 Å². The number of hydrogen-bond acceptors (Lipinski definition) is 8. The molecule has 1 aliphatic heterocycles. The number of piperidine rings is 1. The number of nitrogens with zero attached hydrogens (tertiary/aromatic N) is 6. The predicted octanol–water partition coefficient (Wildman–Crippen LogP) is 4.80. The summed E-state index contributed by atoms with van der Waals surface area (Å²) in [5, 5.41) is 8.41. The molecule has 0 radical (unpaired) electrons. The van der Waals surface area contributed by atoms with Crippen LogP contribution in [0.15, 0.2) is 61.2 Å². The van der Waals surface area contributed by atoms with Crippen molar-refractivity contribution in [2.75, 3.05) is 19.3 Å². The van der Waals surface area contributed by atoms with Gasteiger partial charge in [0.2, 0.25) is 10.0 Å². The second-order valence-corrected chi connectivity index (χ2v) is 13.0. The molecule has 7 rings (SSSR count). The summed E-state index contributed by atoms with van der Waals surface area (Å²) in [5.41, 5.74) is 6.94.